The minimum Gasteiger partial charge on any atom is -0.395 e. The average Bonchev–Trinajstić information content (AvgIpc) is 3.57. The lowest BCUT2D eigenvalue weighted by Gasteiger charge is -2.45. The zero-order valence-corrected chi connectivity index (χ0v) is 31.1. The molecule has 46 heavy (non-hydrogen) atoms. The van der Waals surface area contributed by atoms with E-state index in [2.05, 4.69) is 44.8 Å². The topological polar surface area (TPSA) is 90.0 Å². The Hall–Kier alpha value is -1.71. The van der Waals surface area contributed by atoms with Gasteiger partial charge in [-0.3, -0.25) is 19.0 Å². The number of halogens is 2. The predicted molar refractivity (Wildman–Crippen MR) is 187 cm³/mol. The Morgan fingerprint density at radius 1 is 1.04 bits per heavy atom. The van der Waals surface area contributed by atoms with Gasteiger partial charge in [-0.1, -0.05) is 37.6 Å². The zero-order valence-electron chi connectivity index (χ0n) is 29.6. The molecule has 8 nitrogen and oxygen atoms in total. The third kappa shape index (κ3) is 7.94. The van der Waals surface area contributed by atoms with Crippen LogP contribution in [0.2, 0.25) is 5.02 Å². The lowest BCUT2D eigenvalue weighted by Crippen LogP contribution is -2.62. The first-order valence-corrected chi connectivity index (χ1v) is 17.3. The Bertz CT molecular complexity index is 1240. The van der Waals surface area contributed by atoms with E-state index in [1.165, 1.54) is 0 Å². The van der Waals surface area contributed by atoms with Crippen LogP contribution < -0.4 is 5.32 Å². The molecule has 0 spiro atoms. The van der Waals surface area contributed by atoms with E-state index in [-0.39, 0.29) is 76.1 Å². The first-order valence-electron chi connectivity index (χ1n) is 17.0. The summed E-state index contributed by atoms with van der Waals surface area (Å²) in [7, 11) is 1.92. The second-order valence-electron chi connectivity index (χ2n) is 16.6. The van der Waals surface area contributed by atoms with Gasteiger partial charge >= 0.3 is 5.91 Å². The molecule has 0 bridgehead atoms. The summed E-state index contributed by atoms with van der Waals surface area (Å²) in [5.41, 5.74) is 0.212. The monoisotopic (exact) mass is 681 g/mol. The van der Waals surface area contributed by atoms with Crippen LogP contribution in [-0.4, -0.2) is 101 Å². The van der Waals surface area contributed by atoms with Crippen LogP contribution in [0.3, 0.4) is 0 Å². The normalized spacial score (nSPS) is 28.8. The molecular formula is C36H59Cl2N4O4+. The Balaban J connectivity index is 0.00000576. The summed E-state index contributed by atoms with van der Waals surface area (Å²) < 4.78 is -0.0369. The quantitative estimate of drug-likeness (QED) is 0.347. The van der Waals surface area contributed by atoms with Crippen molar-refractivity contribution in [2.75, 3.05) is 39.8 Å². The maximum Gasteiger partial charge on any atom is 0.319 e. The number of carbonyl (C=O) groups is 3. The van der Waals surface area contributed by atoms with Gasteiger partial charge in [0.1, 0.15) is 6.54 Å². The summed E-state index contributed by atoms with van der Waals surface area (Å²) in [5, 5.41) is 13.9. The van der Waals surface area contributed by atoms with Gasteiger partial charge in [-0.15, -0.1) is 12.4 Å². The molecule has 2 N–H and O–H groups in total. The van der Waals surface area contributed by atoms with Crippen molar-refractivity contribution in [3.8, 4) is 0 Å². The lowest BCUT2D eigenvalue weighted by molar-refractivity contribution is -0.840. The maximum absolute atomic E-state index is 15.1. The van der Waals surface area contributed by atoms with E-state index in [0.717, 1.165) is 37.8 Å². The van der Waals surface area contributed by atoms with E-state index in [4.69, 9.17) is 11.6 Å². The Kier molecular flexibility index (Phi) is 12.1. The first kappa shape index (κ1) is 38.7. The summed E-state index contributed by atoms with van der Waals surface area (Å²) in [4.78, 5) is 47.5. The van der Waals surface area contributed by atoms with Gasteiger partial charge in [-0.05, 0) is 90.3 Å². The van der Waals surface area contributed by atoms with Crippen LogP contribution in [0, 0.1) is 16.7 Å². The van der Waals surface area contributed by atoms with Crippen molar-refractivity contribution in [3.63, 3.8) is 0 Å². The second kappa shape index (κ2) is 14.4. The molecule has 0 radical (unpaired) electrons. The molecule has 1 aromatic rings. The lowest BCUT2D eigenvalue weighted by atomic mass is 9.74. The van der Waals surface area contributed by atoms with Gasteiger partial charge in [-0.2, -0.15) is 0 Å². The highest BCUT2D eigenvalue weighted by Crippen LogP contribution is 2.44. The third-order valence-electron chi connectivity index (χ3n) is 11.1. The van der Waals surface area contributed by atoms with Gasteiger partial charge < -0.3 is 15.3 Å². The fraction of sp³-hybridized carbons (Fsp3) is 0.750. The molecule has 5 atom stereocenters. The van der Waals surface area contributed by atoms with Crippen molar-refractivity contribution in [1.82, 2.24) is 15.1 Å². The number of carbonyl (C=O) groups excluding carboxylic acids is 3. The summed E-state index contributed by atoms with van der Waals surface area (Å²) >= 11 is 6.25. The van der Waals surface area contributed by atoms with Crippen LogP contribution in [0.5, 0.6) is 0 Å². The number of nitrogens with one attached hydrogen (secondary N) is 1. The van der Waals surface area contributed by atoms with Gasteiger partial charge in [0.15, 0.2) is 6.04 Å². The van der Waals surface area contributed by atoms with E-state index in [1.54, 1.807) is 13.8 Å². The van der Waals surface area contributed by atoms with E-state index in [9.17, 15) is 14.7 Å². The Morgan fingerprint density at radius 2 is 1.63 bits per heavy atom. The number of benzene rings is 1. The largest absolute Gasteiger partial charge is 0.395 e. The van der Waals surface area contributed by atoms with Crippen LogP contribution >= 0.6 is 24.0 Å². The number of amides is 3. The molecule has 3 amide bonds. The molecule has 1 saturated carbocycles. The second-order valence-corrected chi connectivity index (χ2v) is 17.0. The van der Waals surface area contributed by atoms with Crippen molar-refractivity contribution in [1.29, 1.82) is 0 Å². The SMILES string of the molecule is CCNC(=O)[C@@H]1C[C@H](N(C(=O)C(C)(C)CO)C2CCC(C)(C)CC2)C[N+]1(C)C(=O)[C@@H]1CN(C(C)(C)C)C[C@H]1c1ccc(Cl)cc1.Cl. The molecule has 2 saturated heterocycles. The highest BCUT2D eigenvalue weighted by atomic mass is 35.5. The Morgan fingerprint density at radius 3 is 2.15 bits per heavy atom. The van der Waals surface area contributed by atoms with E-state index in [1.807, 2.05) is 43.1 Å². The fourth-order valence-electron chi connectivity index (χ4n) is 7.97. The van der Waals surface area contributed by atoms with Crippen molar-refractivity contribution in [2.24, 2.45) is 16.7 Å². The minimum absolute atomic E-state index is 0. The van der Waals surface area contributed by atoms with E-state index >= 15 is 4.79 Å². The van der Waals surface area contributed by atoms with Crippen molar-refractivity contribution in [2.45, 2.75) is 117 Å². The van der Waals surface area contributed by atoms with E-state index < -0.39 is 11.5 Å². The molecule has 260 valence electrons. The van der Waals surface area contributed by atoms with Crippen molar-refractivity contribution in [3.05, 3.63) is 34.9 Å². The van der Waals surface area contributed by atoms with Crippen LogP contribution in [0.15, 0.2) is 24.3 Å². The molecule has 10 heteroatoms. The molecule has 4 rings (SSSR count). The molecular weight excluding hydrogens is 623 g/mol. The molecule has 2 heterocycles. The number of aliphatic hydroxyl groups is 1. The van der Waals surface area contributed by atoms with Gasteiger partial charge in [0, 0.05) is 48.6 Å². The van der Waals surface area contributed by atoms with Crippen molar-refractivity contribution < 1.29 is 24.0 Å². The molecule has 1 unspecified atom stereocenters. The molecule has 3 fully saturated rings. The van der Waals surface area contributed by atoms with Crippen LogP contribution in [0.4, 0.5) is 0 Å². The van der Waals surface area contributed by atoms with Gasteiger partial charge in [0.2, 0.25) is 5.91 Å². The summed E-state index contributed by atoms with van der Waals surface area (Å²) in [6.07, 6.45) is 4.19. The zero-order chi connectivity index (χ0) is 33.5. The van der Waals surface area contributed by atoms with Gasteiger partial charge in [-0.25, -0.2) is 4.79 Å². The number of hydrogen-bond acceptors (Lipinski definition) is 5. The summed E-state index contributed by atoms with van der Waals surface area (Å²) in [5.74, 6) is -0.527. The standard InChI is InChI=1S/C36H57ClN4O4.ClH/c1-10-38-31(43)30-19-27(40(33(45)36(7,8)23-42)26-15-17-35(5,6)18-16-26)22-41(30,9)32(44)29-21-39(34(2,3)4)20-28(29)24-11-13-25(37)14-12-24;/h11-14,26-30,42H,10,15-23H2,1-9H3;1H/p+1/t27-,28-,29+,30-,41?;/m0./s1. The van der Waals surface area contributed by atoms with Gasteiger partial charge in [0.05, 0.1) is 31.0 Å². The molecule has 1 aromatic carbocycles. The van der Waals surface area contributed by atoms with Crippen LogP contribution in [0.1, 0.15) is 99.0 Å². The molecule has 1 aliphatic carbocycles. The first-order chi connectivity index (χ1) is 20.8. The smallest absolute Gasteiger partial charge is 0.319 e. The fourth-order valence-corrected chi connectivity index (χ4v) is 8.10. The van der Waals surface area contributed by atoms with E-state index in [0.29, 0.717) is 31.1 Å². The number of aliphatic hydroxyl groups excluding tert-OH is 1. The molecule has 2 aliphatic heterocycles. The minimum atomic E-state index is -0.956. The maximum atomic E-state index is 15.1. The number of hydrogen-bond donors (Lipinski definition) is 2. The third-order valence-corrected chi connectivity index (χ3v) is 11.4. The summed E-state index contributed by atoms with van der Waals surface area (Å²) in [6, 6.07) is 6.94. The number of likely N-dealkylation sites (N-methyl/N-ethyl adjacent to an activating group) is 2. The average molecular weight is 683 g/mol. The number of likely N-dealkylation sites (tertiary alicyclic amines) is 2. The van der Waals surface area contributed by atoms with Crippen molar-refractivity contribution >= 4 is 41.7 Å². The number of nitrogens with zero attached hydrogens (tertiary/aromatic N) is 3. The highest BCUT2D eigenvalue weighted by molar-refractivity contribution is 6.30. The molecule has 0 aromatic heterocycles. The van der Waals surface area contributed by atoms with Crippen LogP contribution in [-0.2, 0) is 14.4 Å². The summed E-state index contributed by atoms with van der Waals surface area (Å²) in [6.45, 7) is 18.5. The Labute approximate surface area is 288 Å². The van der Waals surface area contributed by atoms with Gasteiger partial charge in [0.25, 0.3) is 5.91 Å². The number of rotatable bonds is 8. The van der Waals surface area contributed by atoms with Crippen LogP contribution in [0.25, 0.3) is 0 Å². The highest BCUT2D eigenvalue weighted by Gasteiger charge is 2.59. The number of quaternary nitrogens is 1. The predicted octanol–water partition coefficient (Wildman–Crippen LogP) is 5.64. The molecule has 3 aliphatic rings.